The van der Waals surface area contributed by atoms with Gasteiger partial charge in [-0.2, -0.15) is 10.4 Å². The number of amides is 1. The number of carbonyl (C=O) groups excluding carboxylic acids is 1. The number of anilines is 1. The summed E-state index contributed by atoms with van der Waals surface area (Å²) >= 11 is 0. The van der Waals surface area contributed by atoms with E-state index in [-0.39, 0.29) is 23.1 Å². The second-order valence-corrected chi connectivity index (χ2v) is 11.0. The highest BCUT2D eigenvalue weighted by molar-refractivity contribution is 5.95. The van der Waals surface area contributed by atoms with Crippen molar-refractivity contribution in [2.45, 2.75) is 45.9 Å². The summed E-state index contributed by atoms with van der Waals surface area (Å²) in [6.07, 6.45) is 6.82. The highest BCUT2D eigenvalue weighted by Crippen LogP contribution is 2.51. The van der Waals surface area contributed by atoms with Gasteiger partial charge in [0, 0.05) is 49.6 Å². The summed E-state index contributed by atoms with van der Waals surface area (Å²) in [7, 11) is 0. The van der Waals surface area contributed by atoms with Crippen molar-refractivity contribution >= 4 is 11.6 Å². The van der Waals surface area contributed by atoms with Crippen molar-refractivity contribution in [3.05, 3.63) is 83.7 Å². The molecule has 4 aromatic rings. The molecule has 1 aliphatic carbocycles. The summed E-state index contributed by atoms with van der Waals surface area (Å²) in [5.74, 6) is 0.0855. The largest absolute Gasteiger partial charge is 0.488 e. The number of benzene rings is 1. The first-order valence-electron chi connectivity index (χ1n) is 14.4. The summed E-state index contributed by atoms with van der Waals surface area (Å²) in [6.45, 7) is 6.92. The van der Waals surface area contributed by atoms with Crippen molar-refractivity contribution in [3.63, 3.8) is 0 Å². The van der Waals surface area contributed by atoms with Gasteiger partial charge < -0.3 is 19.7 Å². The van der Waals surface area contributed by atoms with Gasteiger partial charge in [-0.05, 0) is 69.2 Å². The van der Waals surface area contributed by atoms with Crippen molar-refractivity contribution in [3.8, 4) is 29.0 Å². The summed E-state index contributed by atoms with van der Waals surface area (Å²) in [5, 5.41) is 16.7. The van der Waals surface area contributed by atoms with Crippen LogP contribution in [0, 0.1) is 22.6 Å². The third-order valence-electron chi connectivity index (χ3n) is 7.95. The van der Waals surface area contributed by atoms with Crippen molar-refractivity contribution in [2.75, 3.05) is 24.6 Å². The Kier molecular flexibility index (Phi) is 7.67. The minimum absolute atomic E-state index is 0.0725. The van der Waals surface area contributed by atoms with Crippen LogP contribution in [0.4, 0.5) is 10.1 Å². The SMILES string of the molecule is CCOc1ncccc1-c1ccc(OC2CC3(C2)CN(c2ccc(F)cc2C#N)C3)c(C(=O)NCc2cnn(CC)c2)n1. The van der Waals surface area contributed by atoms with Crippen LogP contribution in [0.2, 0.25) is 0 Å². The molecule has 6 rings (SSSR count). The number of nitriles is 1. The summed E-state index contributed by atoms with van der Waals surface area (Å²) in [6, 6.07) is 13.7. The monoisotopic (exact) mass is 581 g/mol. The smallest absolute Gasteiger partial charge is 0.274 e. The van der Waals surface area contributed by atoms with Crippen molar-refractivity contribution in [1.29, 1.82) is 5.26 Å². The lowest BCUT2D eigenvalue weighted by Gasteiger charge is -2.59. The van der Waals surface area contributed by atoms with Gasteiger partial charge in [0.25, 0.3) is 5.91 Å². The third kappa shape index (κ3) is 5.73. The Bertz CT molecular complexity index is 1680. The van der Waals surface area contributed by atoms with E-state index >= 15 is 0 Å². The molecular weight excluding hydrogens is 549 g/mol. The molecule has 1 N–H and O–H groups in total. The van der Waals surface area contributed by atoms with Gasteiger partial charge >= 0.3 is 0 Å². The molecule has 2 aliphatic rings. The number of rotatable bonds is 10. The Balaban J connectivity index is 1.18. The van der Waals surface area contributed by atoms with Crippen LogP contribution in [-0.4, -0.2) is 51.5 Å². The Hall–Kier alpha value is -4.98. The van der Waals surface area contributed by atoms with Gasteiger partial charge in [-0.3, -0.25) is 9.48 Å². The van der Waals surface area contributed by atoms with Crippen LogP contribution < -0.4 is 19.7 Å². The van der Waals surface area contributed by atoms with Crippen LogP contribution in [0.1, 0.15) is 48.3 Å². The first-order chi connectivity index (χ1) is 20.9. The van der Waals surface area contributed by atoms with E-state index < -0.39 is 5.82 Å². The Morgan fingerprint density at radius 1 is 1.21 bits per heavy atom. The van der Waals surface area contributed by atoms with Crippen LogP contribution in [-0.2, 0) is 13.1 Å². The molecular formula is C32H32FN7O3. The van der Waals surface area contributed by atoms with E-state index in [9.17, 15) is 14.4 Å². The van der Waals surface area contributed by atoms with E-state index in [0.29, 0.717) is 41.6 Å². The topological polar surface area (TPSA) is 118 Å². The van der Waals surface area contributed by atoms with Crippen LogP contribution in [0.3, 0.4) is 0 Å². The lowest BCUT2D eigenvalue weighted by Crippen LogP contribution is -2.65. The molecule has 220 valence electrons. The number of nitrogens with one attached hydrogen (secondary N) is 1. The number of pyridine rings is 2. The molecule has 1 saturated carbocycles. The maximum absolute atomic E-state index is 13.6. The van der Waals surface area contributed by atoms with E-state index in [4.69, 9.17) is 14.5 Å². The lowest BCUT2D eigenvalue weighted by atomic mass is 9.61. The number of carbonyl (C=O) groups is 1. The number of hydrogen-bond donors (Lipinski definition) is 1. The summed E-state index contributed by atoms with van der Waals surface area (Å²) in [4.78, 5) is 24.7. The van der Waals surface area contributed by atoms with E-state index in [1.807, 2.05) is 32.2 Å². The molecule has 0 radical (unpaired) electrons. The van der Waals surface area contributed by atoms with E-state index in [1.54, 1.807) is 35.3 Å². The Morgan fingerprint density at radius 2 is 2.05 bits per heavy atom. The van der Waals surface area contributed by atoms with E-state index in [0.717, 1.165) is 43.7 Å². The summed E-state index contributed by atoms with van der Waals surface area (Å²) in [5.41, 5.74) is 3.48. The van der Waals surface area contributed by atoms with Gasteiger partial charge in [-0.25, -0.2) is 14.4 Å². The van der Waals surface area contributed by atoms with Crippen molar-refractivity contribution < 1.29 is 18.7 Å². The molecule has 1 saturated heterocycles. The predicted octanol–water partition coefficient (Wildman–Crippen LogP) is 4.75. The van der Waals surface area contributed by atoms with Crippen molar-refractivity contribution in [2.24, 2.45) is 5.41 Å². The highest BCUT2D eigenvalue weighted by atomic mass is 19.1. The molecule has 11 heteroatoms. The maximum Gasteiger partial charge on any atom is 0.274 e. The molecule has 2 fully saturated rings. The van der Waals surface area contributed by atoms with Gasteiger partial charge in [0.2, 0.25) is 5.88 Å². The first kappa shape index (κ1) is 28.2. The Morgan fingerprint density at radius 3 is 2.79 bits per heavy atom. The van der Waals surface area contributed by atoms with Crippen LogP contribution in [0.5, 0.6) is 11.6 Å². The molecule has 1 aromatic carbocycles. The van der Waals surface area contributed by atoms with Gasteiger partial charge in [-0.1, -0.05) is 0 Å². The van der Waals surface area contributed by atoms with Crippen LogP contribution in [0.25, 0.3) is 11.3 Å². The molecule has 1 spiro atoms. The minimum atomic E-state index is -0.416. The third-order valence-corrected chi connectivity index (χ3v) is 7.95. The molecule has 4 heterocycles. The average molecular weight is 582 g/mol. The zero-order chi connectivity index (χ0) is 30.0. The predicted molar refractivity (Wildman–Crippen MR) is 157 cm³/mol. The zero-order valence-electron chi connectivity index (χ0n) is 24.1. The van der Waals surface area contributed by atoms with Gasteiger partial charge in [0.15, 0.2) is 11.4 Å². The maximum atomic E-state index is 13.6. The molecule has 1 amide bonds. The van der Waals surface area contributed by atoms with Gasteiger partial charge in [-0.15, -0.1) is 0 Å². The molecule has 10 nitrogen and oxygen atoms in total. The molecule has 0 atom stereocenters. The normalized spacial score (nSPS) is 15.3. The van der Waals surface area contributed by atoms with Gasteiger partial charge in [0.05, 0.1) is 35.3 Å². The number of ether oxygens (including phenoxy) is 2. The second kappa shape index (κ2) is 11.7. The average Bonchev–Trinajstić information content (AvgIpc) is 3.45. The molecule has 1 aliphatic heterocycles. The zero-order valence-corrected chi connectivity index (χ0v) is 24.1. The van der Waals surface area contributed by atoms with E-state index in [2.05, 4.69) is 26.4 Å². The number of hydrogen-bond acceptors (Lipinski definition) is 8. The molecule has 3 aromatic heterocycles. The Labute approximate surface area is 249 Å². The molecule has 43 heavy (non-hydrogen) atoms. The highest BCUT2D eigenvalue weighted by Gasteiger charge is 2.54. The number of halogens is 1. The minimum Gasteiger partial charge on any atom is -0.488 e. The standard InChI is InChI=1S/C32H32FN7O3/c1-3-40-18-21(17-37-40)16-36-30(41)29-28(10-8-26(38-29)25-6-5-11-35-31(25)42-4-2)43-24-13-32(14-24)19-39(20-32)27-9-7-23(33)12-22(27)15-34/h5-12,17-18,24H,3-4,13-14,16,19-20H2,1-2H3,(H,36,41). The van der Waals surface area contributed by atoms with Crippen LogP contribution >= 0.6 is 0 Å². The van der Waals surface area contributed by atoms with Gasteiger partial charge in [0.1, 0.15) is 18.0 Å². The molecule has 0 unspecified atom stereocenters. The quantitative estimate of drug-likeness (QED) is 0.285. The molecule has 0 bridgehead atoms. The number of aromatic nitrogens is 4. The van der Waals surface area contributed by atoms with Crippen LogP contribution in [0.15, 0.2) is 61.1 Å². The number of aryl methyl sites for hydroxylation is 1. The lowest BCUT2D eigenvalue weighted by molar-refractivity contribution is -0.0344. The van der Waals surface area contributed by atoms with Crippen molar-refractivity contribution in [1.82, 2.24) is 25.1 Å². The summed E-state index contributed by atoms with van der Waals surface area (Å²) < 4.78 is 27.5. The fraction of sp³-hybridized carbons (Fsp3) is 0.344. The number of nitrogens with zero attached hydrogens (tertiary/aromatic N) is 6. The second-order valence-electron chi connectivity index (χ2n) is 11.0. The fourth-order valence-corrected chi connectivity index (χ4v) is 5.86. The first-order valence-corrected chi connectivity index (χ1v) is 14.4. The van der Waals surface area contributed by atoms with E-state index in [1.165, 1.54) is 12.1 Å². The fourth-order valence-electron chi connectivity index (χ4n) is 5.86.